The fraction of sp³-hybridized carbons (Fsp3) is 0.280. The topological polar surface area (TPSA) is 66.5 Å². The zero-order valence-corrected chi connectivity index (χ0v) is 17.7. The van der Waals surface area contributed by atoms with E-state index in [1.165, 1.54) is 0 Å². The highest BCUT2D eigenvalue weighted by Crippen LogP contribution is 2.38. The number of phenolic OH excluding ortho intramolecular Hbond substituents is 2. The van der Waals surface area contributed by atoms with Gasteiger partial charge >= 0.3 is 0 Å². The van der Waals surface area contributed by atoms with Crippen LogP contribution in [0.3, 0.4) is 0 Å². The number of nitrogens with two attached hydrogens (primary N) is 1. The summed E-state index contributed by atoms with van der Waals surface area (Å²) < 4.78 is 0. The summed E-state index contributed by atoms with van der Waals surface area (Å²) in [4.78, 5) is 0. The maximum absolute atomic E-state index is 10.2. The van der Waals surface area contributed by atoms with Gasteiger partial charge in [0.1, 0.15) is 11.5 Å². The van der Waals surface area contributed by atoms with E-state index in [0.29, 0.717) is 11.5 Å². The third-order valence-electron chi connectivity index (χ3n) is 4.96. The van der Waals surface area contributed by atoms with Crippen molar-refractivity contribution in [1.82, 2.24) is 0 Å². The first kappa shape index (κ1) is 21.4. The second kappa shape index (κ2) is 8.83. The zero-order chi connectivity index (χ0) is 21.0. The van der Waals surface area contributed by atoms with Crippen molar-refractivity contribution in [3.05, 3.63) is 87.5 Å². The quantitative estimate of drug-likeness (QED) is 0.380. The standard InChI is InChI=1S/C23H25NO2.C2H6/c1-13-9-18(10-14(2)22(13)25)21(17-5-7-20(24)8-6-17)19-11-15(3)23(26)16(4)12-19;1-2/h5-12,21,25-26H,24H2,1-4H3;1-2H3. The molecule has 3 aromatic carbocycles. The SMILES string of the molecule is CC.Cc1cc(C(c2ccc(N)cc2)c2cc(C)c(O)c(C)c2)cc(C)c1O. The van der Waals surface area contributed by atoms with Crippen molar-refractivity contribution in [1.29, 1.82) is 0 Å². The van der Waals surface area contributed by atoms with Crippen LogP contribution >= 0.6 is 0 Å². The summed E-state index contributed by atoms with van der Waals surface area (Å²) in [6, 6.07) is 16.0. The van der Waals surface area contributed by atoms with E-state index >= 15 is 0 Å². The molecule has 4 N–H and O–H groups in total. The van der Waals surface area contributed by atoms with Gasteiger partial charge in [-0.3, -0.25) is 0 Å². The zero-order valence-electron chi connectivity index (χ0n) is 17.7. The average molecular weight is 378 g/mol. The van der Waals surface area contributed by atoms with E-state index in [2.05, 4.69) is 0 Å². The first-order valence-corrected chi connectivity index (χ1v) is 9.73. The second-order valence-electron chi connectivity index (χ2n) is 7.11. The molecule has 0 fully saturated rings. The first-order valence-electron chi connectivity index (χ1n) is 9.73. The molecule has 0 aromatic heterocycles. The Kier molecular flexibility index (Phi) is 6.74. The van der Waals surface area contributed by atoms with Crippen LogP contribution in [0, 0.1) is 27.7 Å². The molecule has 0 spiro atoms. The predicted molar refractivity (Wildman–Crippen MR) is 118 cm³/mol. The molecule has 3 aromatic rings. The van der Waals surface area contributed by atoms with Gasteiger partial charge in [0.15, 0.2) is 0 Å². The van der Waals surface area contributed by atoms with Gasteiger partial charge in [-0.2, -0.15) is 0 Å². The van der Waals surface area contributed by atoms with Gasteiger partial charge in [-0.25, -0.2) is 0 Å². The van der Waals surface area contributed by atoms with Gasteiger partial charge in [-0.15, -0.1) is 0 Å². The fourth-order valence-electron chi connectivity index (χ4n) is 3.58. The Morgan fingerprint density at radius 3 is 1.25 bits per heavy atom. The highest BCUT2D eigenvalue weighted by atomic mass is 16.3. The molecule has 0 saturated heterocycles. The van der Waals surface area contributed by atoms with Gasteiger partial charge in [-0.1, -0.05) is 50.2 Å². The van der Waals surface area contributed by atoms with Crippen molar-refractivity contribution in [2.45, 2.75) is 47.5 Å². The van der Waals surface area contributed by atoms with E-state index in [9.17, 15) is 10.2 Å². The molecular formula is C25H31NO2. The number of phenols is 2. The van der Waals surface area contributed by atoms with E-state index in [1.54, 1.807) is 0 Å². The van der Waals surface area contributed by atoms with Crippen molar-refractivity contribution in [2.75, 3.05) is 5.73 Å². The molecule has 3 rings (SSSR count). The van der Waals surface area contributed by atoms with Crippen molar-refractivity contribution in [2.24, 2.45) is 0 Å². The summed E-state index contributed by atoms with van der Waals surface area (Å²) in [5, 5.41) is 20.3. The Balaban J connectivity index is 0.00000136. The van der Waals surface area contributed by atoms with E-state index < -0.39 is 0 Å². The summed E-state index contributed by atoms with van der Waals surface area (Å²) in [6.45, 7) is 11.7. The Bertz CT molecular complexity index is 855. The lowest BCUT2D eigenvalue weighted by atomic mass is 9.82. The fourth-order valence-corrected chi connectivity index (χ4v) is 3.58. The summed E-state index contributed by atoms with van der Waals surface area (Å²) >= 11 is 0. The van der Waals surface area contributed by atoms with Crippen LogP contribution in [0.25, 0.3) is 0 Å². The third kappa shape index (κ3) is 4.30. The smallest absolute Gasteiger partial charge is 0.121 e. The van der Waals surface area contributed by atoms with Crippen LogP contribution in [0.1, 0.15) is 58.7 Å². The molecule has 0 atom stereocenters. The molecular weight excluding hydrogens is 346 g/mol. The van der Waals surface area contributed by atoms with Crippen LogP contribution in [0.2, 0.25) is 0 Å². The van der Waals surface area contributed by atoms with Gasteiger partial charge in [-0.05, 0) is 78.8 Å². The first-order chi connectivity index (χ1) is 13.3. The maximum atomic E-state index is 10.2. The summed E-state index contributed by atoms with van der Waals surface area (Å²) in [7, 11) is 0. The van der Waals surface area contributed by atoms with Crippen molar-refractivity contribution in [3.8, 4) is 11.5 Å². The summed E-state index contributed by atoms with van der Waals surface area (Å²) in [5.41, 5.74) is 13.3. The van der Waals surface area contributed by atoms with Crippen LogP contribution in [0.4, 0.5) is 5.69 Å². The molecule has 0 aliphatic heterocycles. The number of hydrogen-bond acceptors (Lipinski definition) is 3. The van der Waals surface area contributed by atoms with Gasteiger partial charge in [0.2, 0.25) is 0 Å². The van der Waals surface area contributed by atoms with Crippen molar-refractivity contribution >= 4 is 5.69 Å². The molecule has 0 aliphatic carbocycles. The third-order valence-corrected chi connectivity index (χ3v) is 4.96. The average Bonchev–Trinajstić information content (AvgIpc) is 2.67. The molecule has 3 heteroatoms. The normalized spacial score (nSPS) is 10.5. The van der Waals surface area contributed by atoms with Gasteiger partial charge in [0.05, 0.1) is 0 Å². The molecule has 0 heterocycles. The Morgan fingerprint density at radius 2 is 0.929 bits per heavy atom. The van der Waals surface area contributed by atoms with Crippen LogP contribution < -0.4 is 5.73 Å². The van der Waals surface area contributed by atoms with E-state index in [-0.39, 0.29) is 5.92 Å². The minimum Gasteiger partial charge on any atom is -0.507 e. The lowest BCUT2D eigenvalue weighted by Gasteiger charge is -2.22. The molecule has 0 saturated carbocycles. The number of aromatic hydroxyl groups is 2. The monoisotopic (exact) mass is 377 g/mol. The number of benzene rings is 3. The molecule has 0 bridgehead atoms. The van der Waals surface area contributed by atoms with Crippen molar-refractivity contribution < 1.29 is 10.2 Å². The second-order valence-corrected chi connectivity index (χ2v) is 7.11. The Labute approximate surface area is 168 Å². The van der Waals surface area contributed by atoms with Crippen molar-refractivity contribution in [3.63, 3.8) is 0 Å². The summed E-state index contributed by atoms with van der Waals surface area (Å²) in [5.74, 6) is 0.664. The Hall–Kier alpha value is -2.94. The highest BCUT2D eigenvalue weighted by Gasteiger charge is 2.20. The molecule has 3 nitrogen and oxygen atoms in total. The largest absolute Gasteiger partial charge is 0.507 e. The number of nitrogen functional groups attached to an aromatic ring is 1. The van der Waals surface area contributed by atoms with Gasteiger partial charge in [0.25, 0.3) is 0 Å². The van der Waals surface area contributed by atoms with Crippen LogP contribution in [0.5, 0.6) is 11.5 Å². The lowest BCUT2D eigenvalue weighted by Crippen LogP contribution is -2.06. The van der Waals surface area contributed by atoms with E-state index in [4.69, 9.17) is 5.73 Å². The lowest BCUT2D eigenvalue weighted by molar-refractivity contribution is 0.466. The van der Waals surface area contributed by atoms with Gasteiger partial charge in [0, 0.05) is 11.6 Å². The molecule has 0 unspecified atom stereocenters. The van der Waals surface area contributed by atoms with Crippen LogP contribution in [-0.4, -0.2) is 10.2 Å². The maximum Gasteiger partial charge on any atom is 0.121 e. The molecule has 28 heavy (non-hydrogen) atoms. The molecule has 0 amide bonds. The minimum absolute atomic E-state index is 0.00778. The van der Waals surface area contributed by atoms with Crippen LogP contribution in [-0.2, 0) is 0 Å². The Morgan fingerprint density at radius 1 is 0.607 bits per heavy atom. The predicted octanol–water partition coefficient (Wildman–Crippen LogP) is 6.12. The number of aryl methyl sites for hydroxylation is 4. The van der Waals surface area contributed by atoms with Gasteiger partial charge < -0.3 is 15.9 Å². The highest BCUT2D eigenvalue weighted by molar-refractivity contribution is 5.54. The number of rotatable bonds is 3. The molecule has 0 aliphatic rings. The number of anilines is 1. The molecule has 0 radical (unpaired) electrons. The number of hydrogen-bond donors (Lipinski definition) is 3. The minimum atomic E-state index is -0.00778. The molecule has 148 valence electrons. The van der Waals surface area contributed by atoms with Crippen LogP contribution in [0.15, 0.2) is 48.5 Å². The summed E-state index contributed by atoms with van der Waals surface area (Å²) in [6.07, 6.45) is 0. The van der Waals surface area contributed by atoms with E-state index in [0.717, 1.165) is 44.6 Å². The van der Waals surface area contributed by atoms with E-state index in [1.807, 2.05) is 90.1 Å².